The summed E-state index contributed by atoms with van der Waals surface area (Å²) in [6.07, 6.45) is 0. The molecule has 0 heterocycles. The Morgan fingerprint density at radius 2 is 1.78 bits per heavy atom. The van der Waals surface area contributed by atoms with Crippen LogP contribution < -0.4 is 0 Å². The Kier molecular flexibility index (Phi) is 3.08. The number of ketones is 2. The largest absolute Gasteiger partial charge is 0.289 e. The van der Waals surface area contributed by atoms with Gasteiger partial charge in [-0.1, -0.05) is 11.6 Å². The molecule has 0 saturated carbocycles. The van der Waals surface area contributed by atoms with Crippen LogP contribution in [-0.4, -0.2) is 16.5 Å². The lowest BCUT2D eigenvalue weighted by molar-refractivity contribution is -0.385. The van der Waals surface area contributed by atoms with E-state index in [-0.39, 0.29) is 31.9 Å². The third-order valence-electron chi connectivity index (χ3n) is 2.64. The summed E-state index contributed by atoms with van der Waals surface area (Å²) < 4.78 is 0.151. The van der Waals surface area contributed by atoms with Crippen molar-refractivity contribution in [2.24, 2.45) is 0 Å². The minimum absolute atomic E-state index is 0.0366. The fourth-order valence-corrected chi connectivity index (χ4v) is 2.34. The molecule has 92 valence electrons. The van der Waals surface area contributed by atoms with Crippen molar-refractivity contribution >= 4 is 44.8 Å². The number of rotatable bonds is 1. The Labute approximate surface area is 115 Å². The molecule has 0 unspecified atom stereocenters. The first-order chi connectivity index (χ1) is 8.34. The van der Waals surface area contributed by atoms with Crippen molar-refractivity contribution in [2.45, 2.75) is 6.92 Å². The van der Waals surface area contributed by atoms with Crippen molar-refractivity contribution < 1.29 is 14.5 Å². The highest BCUT2D eigenvalue weighted by molar-refractivity contribution is 9.10. The van der Waals surface area contributed by atoms with Gasteiger partial charge in [-0.25, -0.2) is 0 Å². The van der Waals surface area contributed by atoms with Gasteiger partial charge in [0.25, 0.3) is 5.69 Å². The van der Waals surface area contributed by atoms with Gasteiger partial charge in [0.15, 0.2) is 5.78 Å². The van der Waals surface area contributed by atoms with Crippen molar-refractivity contribution in [2.75, 3.05) is 0 Å². The van der Waals surface area contributed by atoms with Gasteiger partial charge in [0.05, 0.1) is 14.4 Å². The van der Waals surface area contributed by atoms with E-state index in [1.165, 1.54) is 13.0 Å². The van der Waals surface area contributed by atoms with E-state index in [2.05, 4.69) is 15.9 Å². The number of allylic oxidation sites excluding steroid dienone is 2. The number of hydrogen-bond donors (Lipinski definition) is 0. The van der Waals surface area contributed by atoms with Crippen molar-refractivity contribution in [1.82, 2.24) is 0 Å². The molecule has 7 heteroatoms. The fourth-order valence-electron chi connectivity index (χ4n) is 1.67. The molecule has 2 rings (SSSR count). The Balaban J connectivity index is 2.76. The molecule has 0 fully saturated rings. The van der Waals surface area contributed by atoms with E-state index in [0.29, 0.717) is 0 Å². The molecule has 1 aromatic carbocycles. The summed E-state index contributed by atoms with van der Waals surface area (Å²) in [7, 11) is 0. The van der Waals surface area contributed by atoms with Crippen LogP contribution in [0.3, 0.4) is 0 Å². The van der Waals surface area contributed by atoms with E-state index in [9.17, 15) is 19.7 Å². The van der Waals surface area contributed by atoms with E-state index < -0.39 is 16.5 Å². The molecule has 18 heavy (non-hydrogen) atoms. The maximum Gasteiger partial charge on any atom is 0.284 e. The highest BCUT2D eigenvalue weighted by Gasteiger charge is 2.31. The summed E-state index contributed by atoms with van der Waals surface area (Å²) in [5, 5.41) is 10.6. The Morgan fingerprint density at radius 1 is 1.22 bits per heavy atom. The van der Waals surface area contributed by atoms with Crippen LogP contribution in [0, 0.1) is 10.1 Å². The molecule has 0 spiro atoms. The first kappa shape index (κ1) is 12.9. The molecular formula is C11H5BrClNO4. The van der Waals surface area contributed by atoms with Gasteiger partial charge in [0.1, 0.15) is 0 Å². The second-order valence-corrected chi connectivity index (χ2v) is 4.94. The van der Waals surface area contributed by atoms with E-state index >= 15 is 0 Å². The summed E-state index contributed by atoms with van der Waals surface area (Å²) >= 11 is 8.74. The number of nitrogens with zero attached hydrogens (tertiary/aromatic N) is 1. The smallest absolute Gasteiger partial charge is 0.284 e. The van der Waals surface area contributed by atoms with Gasteiger partial charge < -0.3 is 0 Å². The molecule has 0 aromatic heterocycles. The molecule has 0 saturated heterocycles. The lowest BCUT2D eigenvalue weighted by Gasteiger charge is -2.15. The van der Waals surface area contributed by atoms with Crippen LogP contribution in [0.2, 0.25) is 0 Å². The number of nitro groups is 1. The normalized spacial score (nSPS) is 14.8. The van der Waals surface area contributed by atoms with E-state index in [0.717, 1.165) is 6.07 Å². The average molecular weight is 331 g/mol. The molecule has 0 N–H and O–H groups in total. The lowest BCUT2D eigenvalue weighted by atomic mass is 9.89. The van der Waals surface area contributed by atoms with Gasteiger partial charge >= 0.3 is 0 Å². The first-order valence-corrected chi connectivity index (χ1v) is 5.95. The predicted molar refractivity (Wildman–Crippen MR) is 68.0 cm³/mol. The number of fused-ring (bicyclic) bond motifs is 1. The van der Waals surface area contributed by atoms with Gasteiger partial charge in [-0.15, -0.1) is 0 Å². The highest BCUT2D eigenvalue weighted by Crippen LogP contribution is 2.35. The maximum absolute atomic E-state index is 11.9. The van der Waals surface area contributed by atoms with E-state index in [1.807, 2.05) is 0 Å². The average Bonchev–Trinajstić information content (AvgIpc) is 2.33. The quantitative estimate of drug-likeness (QED) is 0.585. The minimum Gasteiger partial charge on any atom is -0.289 e. The van der Waals surface area contributed by atoms with Crippen LogP contribution in [0.5, 0.6) is 0 Å². The zero-order valence-electron chi connectivity index (χ0n) is 8.99. The third kappa shape index (κ3) is 1.77. The monoisotopic (exact) mass is 329 g/mol. The standard InChI is InChI=1S/C11H5BrClNO4/c1-4-9(13)11(16)6-3-8(14(17)18)7(12)2-5(6)10(4)15/h2-3H,1H3. The molecule has 0 atom stereocenters. The van der Waals surface area contributed by atoms with Crippen LogP contribution >= 0.6 is 27.5 Å². The van der Waals surface area contributed by atoms with Crippen molar-refractivity contribution in [3.05, 3.63) is 48.5 Å². The maximum atomic E-state index is 11.9. The summed E-state index contributed by atoms with van der Waals surface area (Å²) in [6, 6.07) is 2.34. The number of benzene rings is 1. The van der Waals surface area contributed by atoms with Crippen molar-refractivity contribution in [3.63, 3.8) is 0 Å². The second kappa shape index (κ2) is 4.29. The number of Topliss-reactive ketones (excluding diaryl/α,β-unsaturated/α-hetero) is 2. The molecule has 0 amide bonds. The molecule has 1 aliphatic carbocycles. The van der Waals surface area contributed by atoms with Crippen molar-refractivity contribution in [1.29, 1.82) is 0 Å². The Morgan fingerprint density at radius 3 is 2.33 bits per heavy atom. The molecule has 5 nitrogen and oxygen atoms in total. The number of nitro benzene ring substituents is 1. The zero-order valence-corrected chi connectivity index (χ0v) is 11.3. The summed E-state index contributed by atoms with van der Waals surface area (Å²) in [4.78, 5) is 33.9. The van der Waals surface area contributed by atoms with Crippen LogP contribution in [0.4, 0.5) is 5.69 Å². The van der Waals surface area contributed by atoms with Gasteiger partial charge in [-0.2, -0.15) is 0 Å². The number of halogens is 2. The molecular weight excluding hydrogens is 325 g/mol. The van der Waals surface area contributed by atoms with Gasteiger partial charge in [0.2, 0.25) is 5.78 Å². The van der Waals surface area contributed by atoms with Gasteiger partial charge in [-0.3, -0.25) is 19.7 Å². The van der Waals surface area contributed by atoms with E-state index in [1.54, 1.807) is 0 Å². The summed E-state index contributed by atoms with van der Waals surface area (Å²) in [5.41, 5.74) is -0.0429. The molecule has 0 radical (unpaired) electrons. The Hall–Kier alpha value is -1.53. The highest BCUT2D eigenvalue weighted by atomic mass is 79.9. The van der Waals surface area contributed by atoms with Gasteiger partial charge in [-0.05, 0) is 28.9 Å². The summed E-state index contributed by atoms with van der Waals surface area (Å²) in [6.45, 7) is 1.45. The molecule has 0 aliphatic heterocycles. The van der Waals surface area contributed by atoms with Crippen LogP contribution in [0.15, 0.2) is 27.2 Å². The fraction of sp³-hybridized carbons (Fsp3) is 0.0909. The van der Waals surface area contributed by atoms with Gasteiger partial charge in [0, 0.05) is 22.8 Å². The second-order valence-electron chi connectivity index (χ2n) is 3.70. The van der Waals surface area contributed by atoms with E-state index in [4.69, 9.17) is 11.6 Å². The topological polar surface area (TPSA) is 77.3 Å². The number of carbonyl (C=O) groups excluding carboxylic acids is 2. The number of carbonyl (C=O) groups is 2. The Bertz CT molecular complexity index is 651. The molecule has 1 aliphatic rings. The predicted octanol–water partition coefficient (Wildman–Crippen LogP) is 3.25. The van der Waals surface area contributed by atoms with Crippen LogP contribution in [0.1, 0.15) is 27.6 Å². The first-order valence-electron chi connectivity index (χ1n) is 4.78. The lowest BCUT2D eigenvalue weighted by Crippen LogP contribution is -2.19. The van der Waals surface area contributed by atoms with Crippen molar-refractivity contribution in [3.8, 4) is 0 Å². The van der Waals surface area contributed by atoms with Crippen LogP contribution in [0.25, 0.3) is 0 Å². The zero-order chi connectivity index (χ0) is 13.6. The third-order valence-corrected chi connectivity index (χ3v) is 3.73. The minimum atomic E-state index is -0.638. The van der Waals surface area contributed by atoms with Crippen LogP contribution in [-0.2, 0) is 0 Å². The number of hydrogen-bond acceptors (Lipinski definition) is 4. The SMILES string of the molecule is CC1=C(Cl)C(=O)c2cc([N+](=O)[O-])c(Br)cc2C1=O. The molecule has 0 bridgehead atoms. The summed E-state index contributed by atoms with van der Waals surface area (Å²) in [5.74, 6) is -0.968. The molecule has 1 aromatic rings.